The van der Waals surface area contributed by atoms with Crippen LogP contribution < -0.4 is 11.3 Å². The lowest BCUT2D eigenvalue weighted by Gasteiger charge is -2.13. The number of aryl methyl sites for hydroxylation is 1. The van der Waals surface area contributed by atoms with Gasteiger partial charge in [-0.1, -0.05) is 37.6 Å². The molecule has 0 spiro atoms. The Bertz CT molecular complexity index is 434. The van der Waals surface area contributed by atoms with E-state index >= 15 is 0 Å². The van der Waals surface area contributed by atoms with Crippen LogP contribution >= 0.6 is 0 Å². The molecule has 1 aromatic heterocycles. The van der Waals surface area contributed by atoms with Crippen molar-refractivity contribution in [2.75, 3.05) is 0 Å². The summed E-state index contributed by atoms with van der Waals surface area (Å²) in [6, 6.07) is 8.24. The summed E-state index contributed by atoms with van der Waals surface area (Å²) in [5.74, 6) is 6.27. The second kappa shape index (κ2) is 5.56. The van der Waals surface area contributed by atoms with E-state index in [2.05, 4.69) is 51.8 Å². The second-order valence-electron chi connectivity index (χ2n) is 3.96. The van der Waals surface area contributed by atoms with Gasteiger partial charge in [0.2, 0.25) is 0 Å². The molecular weight excluding hydrogens is 214 g/mol. The first-order chi connectivity index (χ1) is 8.35. The monoisotopic (exact) mass is 231 g/mol. The van der Waals surface area contributed by atoms with Crippen LogP contribution in [0.5, 0.6) is 0 Å². The van der Waals surface area contributed by atoms with E-state index in [1.54, 1.807) is 0 Å². The quantitative estimate of drug-likeness (QED) is 0.535. The van der Waals surface area contributed by atoms with Gasteiger partial charge < -0.3 is 0 Å². The molecule has 0 radical (unpaired) electrons. The van der Waals surface area contributed by atoms with Crippen LogP contribution in [-0.4, -0.2) is 15.2 Å². The molecule has 0 fully saturated rings. The fourth-order valence-electron chi connectivity index (χ4n) is 1.85. The number of H-pyrrole nitrogens is 1. The van der Waals surface area contributed by atoms with Crippen LogP contribution in [0.2, 0.25) is 0 Å². The molecule has 0 saturated carbocycles. The standard InChI is InChI=1S/C12H17N5/c1-2-3-9-4-6-10(7-5-9)11(16-13)12-14-8-15-17-12/h4-8,11,16H,2-3,13H2,1H3,(H,14,15,17). The topological polar surface area (TPSA) is 79.6 Å². The second-order valence-corrected chi connectivity index (χ2v) is 3.96. The Morgan fingerprint density at radius 3 is 2.65 bits per heavy atom. The highest BCUT2D eigenvalue weighted by Crippen LogP contribution is 2.18. The van der Waals surface area contributed by atoms with E-state index in [0.29, 0.717) is 0 Å². The number of aromatic amines is 1. The highest BCUT2D eigenvalue weighted by Gasteiger charge is 2.14. The van der Waals surface area contributed by atoms with Gasteiger partial charge in [0.15, 0.2) is 0 Å². The zero-order valence-corrected chi connectivity index (χ0v) is 9.85. The number of hydrazine groups is 1. The highest BCUT2D eigenvalue weighted by atomic mass is 15.3. The number of benzene rings is 1. The van der Waals surface area contributed by atoms with Crippen LogP contribution in [0.4, 0.5) is 0 Å². The van der Waals surface area contributed by atoms with Gasteiger partial charge in [-0.05, 0) is 17.5 Å². The summed E-state index contributed by atoms with van der Waals surface area (Å²) in [6.07, 6.45) is 3.73. The van der Waals surface area contributed by atoms with Crippen molar-refractivity contribution in [3.63, 3.8) is 0 Å². The van der Waals surface area contributed by atoms with Gasteiger partial charge in [-0.2, -0.15) is 5.10 Å². The minimum absolute atomic E-state index is 0.145. The van der Waals surface area contributed by atoms with Gasteiger partial charge in [-0.25, -0.2) is 10.4 Å². The number of hydrogen-bond donors (Lipinski definition) is 3. The Morgan fingerprint density at radius 1 is 1.35 bits per heavy atom. The zero-order chi connectivity index (χ0) is 12.1. The predicted molar refractivity (Wildman–Crippen MR) is 66.0 cm³/mol. The SMILES string of the molecule is CCCc1ccc(C(NN)c2ncn[nH]2)cc1. The third-order valence-corrected chi connectivity index (χ3v) is 2.73. The Kier molecular flexibility index (Phi) is 3.85. The lowest BCUT2D eigenvalue weighted by atomic mass is 10.0. The molecule has 1 atom stereocenters. The molecule has 2 aromatic rings. The van der Waals surface area contributed by atoms with Gasteiger partial charge in [-0.3, -0.25) is 10.9 Å². The van der Waals surface area contributed by atoms with Crippen LogP contribution in [0.25, 0.3) is 0 Å². The van der Waals surface area contributed by atoms with Crippen molar-refractivity contribution in [1.29, 1.82) is 0 Å². The van der Waals surface area contributed by atoms with E-state index in [-0.39, 0.29) is 6.04 Å². The number of nitrogens with one attached hydrogen (secondary N) is 2. The summed E-state index contributed by atoms with van der Waals surface area (Å²) >= 11 is 0. The first kappa shape index (κ1) is 11.8. The van der Waals surface area contributed by atoms with Crippen molar-refractivity contribution in [2.24, 2.45) is 5.84 Å². The van der Waals surface area contributed by atoms with Crippen LogP contribution in [0.1, 0.15) is 36.3 Å². The fraction of sp³-hybridized carbons (Fsp3) is 0.333. The molecular formula is C12H17N5. The van der Waals surface area contributed by atoms with Crippen LogP contribution in [0.3, 0.4) is 0 Å². The van der Waals surface area contributed by atoms with E-state index in [0.717, 1.165) is 24.2 Å². The molecule has 5 heteroatoms. The molecule has 1 unspecified atom stereocenters. The lowest BCUT2D eigenvalue weighted by molar-refractivity contribution is 0.604. The fourth-order valence-corrected chi connectivity index (χ4v) is 1.85. The molecule has 1 aromatic carbocycles. The van der Waals surface area contributed by atoms with Crippen LogP contribution in [0, 0.1) is 0 Å². The lowest BCUT2D eigenvalue weighted by Crippen LogP contribution is -2.29. The molecule has 0 aliphatic rings. The number of nitrogens with two attached hydrogens (primary N) is 1. The van der Waals surface area contributed by atoms with E-state index in [4.69, 9.17) is 5.84 Å². The Labute approximate surface area is 100 Å². The Hall–Kier alpha value is -1.72. The molecule has 0 bridgehead atoms. The average Bonchev–Trinajstić information content (AvgIpc) is 2.86. The summed E-state index contributed by atoms with van der Waals surface area (Å²) in [7, 11) is 0. The third kappa shape index (κ3) is 2.69. The predicted octanol–water partition coefficient (Wildman–Crippen LogP) is 1.31. The maximum atomic E-state index is 5.55. The summed E-state index contributed by atoms with van der Waals surface area (Å²) in [4.78, 5) is 4.11. The van der Waals surface area contributed by atoms with Crippen molar-refractivity contribution in [3.05, 3.63) is 47.5 Å². The highest BCUT2D eigenvalue weighted by molar-refractivity contribution is 5.28. The summed E-state index contributed by atoms with van der Waals surface area (Å²) < 4.78 is 0. The summed E-state index contributed by atoms with van der Waals surface area (Å²) in [5.41, 5.74) is 5.15. The minimum Gasteiger partial charge on any atom is -0.270 e. The first-order valence-electron chi connectivity index (χ1n) is 5.75. The number of aromatic nitrogens is 3. The number of nitrogens with zero attached hydrogens (tertiary/aromatic N) is 2. The van der Waals surface area contributed by atoms with E-state index in [1.165, 1.54) is 11.9 Å². The van der Waals surface area contributed by atoms with Crippen LogP contribution in [-0.2, 0) is 6.42 Å². The first-order valence-corrected chi connectivity index (χ1v) is 5.75. The molecule has 4 N–H and O–H groups in total. The molecule has 17 heavy (non-hydrogen) atoms. The maximum Gasteiger partial charge on any atom is 0.147 e. The van der Waals surface area contributed by atoms with E-state index in [9.17, 15) is 0 Å². The maximum absolute atomic E-state index is 5.55. The van der Waals surface area contributed by atoms with Crippen molar-refractivity contribution in [1.82, 2.24) is 20.6 Å². The van der Waals surface area contributed by atoms with Gasteiger partial charge in [-0.15, -0.1) is 0 Å². The smallest absolute Gasteiger partial charge is 0.147 e. The van der Waals surface area contributed by atoms with Gasteiger partial charge >= 0.3 is 0 Å². The Morgan fingerprint density at radius 2 is 2.12 bits per heavy atom. The molecule has 0 aliphatic carbocycles. The average molecular weight is 231 g/mol. The third-order valence-electron chi connectivity index (χ3n) is 2.73. The van der Waals surface area contributed by atoms with Gasteiger partial charge in [0.05, 0.1) is 0 Å². The zero-order valence-electron chi connectivity index (χ0n) is 9.85. The van der Waals surface area contributed by atoms with Crippen molar-refractivity contribution >= 4 is 0 Å². The molecule has 0 amide bonds. The van der Waals surface area contributed by atoms with E-state index in [1.807, 2.05) is 0 Å². The van der Waals surface area contributed by atoms with Gasteiger partial charge in [0, 0.05) is 0 Å². The molecule has 0 aliphatic heterocycles. The van der Waals surface area contributed by atoms with Crippen molar-refractivity contribution in [3.8, 4) is 0 Å². The Balaban J connectivity index is 2.20. The largest absolute Gasteiger partial charge is 0.270 e. The molecule has 1 heterocycles. The molecule has 0 saturated heterocycles. The summed E-state index contributed by atoms with van der Waals surface area (Å²) in [5, 5.41) is 6.65. The van der Waals surface area contributed by atoms with Gasteiger partial charge in [0.25, 0.3) is 0 Å². The van der Waals surface area contributed by atoms with Crippen molar-refractivity contribution < 1.29 is 0 Å². The number of rotatable bonds is 5. The van der Waals surface area contributed by atoms with Crippen molar-refractivity contribution in [2.45, 2.75) is 25.8 Å². The normalized spacial score (nSPS) is 12.6. The molecule has 5 nitrogen and oxygen atoms in total. The van der Waals surface area contributed by atoms with Gasteiger partial charge in [0.1, 0.15) is 18.2 Å². The molecule has 90 valence electrons. The molecule has 2 rings (SSSR count). The minimum atomic E-state index is -0.145. The number of hydrogen-bond acceptors (Lipinski definition) is 4. The van der Waals surface area contributed by atoms with E-state index < -0.39 is 0 Å². The summed E-state index contributed by atoms with van der Waals surface area (Å²) in [6.45, 7) is 2.17. The van der Waals surface area contributed by atoms with Crippen LogP contribution in [0.15, 0.2) is 30.6 Å².